The molecule has 2 saturated carbocycles. The molecule has 4 fully saturated rings. The molecule has 6 aromatic carbocycles. The van der Waals surface area contributed by atoms with Gasteiger partial charge in [0, 0.05) is 88.6 Å². The highest BCUT2D eigenvalue weighted by molar-refractivity contribution is 5.86. The van der Waals surface area contributed by atoms with E-state index in [0.29, 0.717) is 13.1 Å². The molecular formula is C64H67Cl5F4N6O4. The molecule has 4 heterocycles. The summed E-state index contributed by atoms with van der Waals surface area (Å²) in [5.41, 5.74) is 8.87. The number of aliphatic hydroxyl groups excluding tert-OH is 2. The molecule has 2 aliphatic heterocycles. The molecule has 2 unspecified atom stereocenters. The lowest BCUT2D eigenvalue weighted by atomic mass is 9.90. The van der Waals surface area contributed by atoms with Gasteiger partial charge in [-0.3, -0.25) is 29.6 Å². The van der Waals surface area contributed by atoms with Gasteiger partial charge in [0.1, 0.15) is 36.9 Å². The molecule has 0 amide bonds. The van der Waals surface area contributed by atoms with Crippen LogP contribution in [-0.4, -0.2) is 142 Å². The van der Waals surface area contributed by atoms with Crippen molar-refractivity contribution in [3.05, 3.63) is 215 Å². The van der Waals surface area contributed by atoms with Gasteiger partial charge in [-0.1, -0.05) is 109 Å². The number of benzene rings is 6. The van der Waals surface area contributed by atoms with E-state index in [2.05, 4.69) is 29.6 Å². The summed E-state index contributed by atoms with van der Waals surface area (Å²) in [4.78, 5) is 18.1. The standard InChI is InChI=1S/2C32H31F2N3O2.5ClH/c2*33-32(34)29-22-7-1-3-9-24(22)31(25-10-4-2-8-23(25)30(29)32)37-17-15-36(16-18-37)19-21(38)20-39-28-13-5-12-27-26(28)11-6-14-35-27;;;;;/h2*1-14,21,29-31,38H,15-20H2;5*1H/t2*21-,29-,30+,31?;;;;;/m11...../s1. The van der Waals surface area contributed by atoms with Gasteiger partial charge in [-0.2, -0.15) is 0 Å². The molecule has 0 radical (unpaired) electrons. The van der Waals surface area contributed by atoms with Crippen molar-refractivity contribution in [2.75, 3.05) is 78.7 Å². The van der Waals surface area contributed by atoms with Crippen molar-refractivity contribution in [3.63, 3.8) is 0 Å². The Kier molecular flexibility index (Phi) is 20.3. The van der Waals surface area contributed by atoms with Gasteiger partial charge in [0.05, 0.1) is 46.8 Å². The van der Waals surface area contributed by atoms with E-state index in [1.807, 2.05) is 158 Å². The summed E-state index contributed by atoms with van der Waals surface area (Å²) in [6.07, 6.45) is 2.25. The highest BCUT2D eigenvalue weighted by Gasteiger charge is 2.72. The third kappa shape index (κ3) is 12.3. The number of hydrogen-bond donors (Lipinski definition) is 2. The summed E-state index contributed by atoms with van der Waals surface area (Å²) in [7, 11) is 0. The fraction of sp³-hybridized carbons (Fsp3) is 0.344. The summed E-state index contributed by atoms with van der Waals surface area (Å²) in [5, 5.41) is 23.4. The van der Waals surface area contributed by atoms with Crippen LogP contribution < -0.4 is 9.47 Å². The summed E-state index contributed by atoms with van der Waals surface area (Å²) < 4.78 is 71.8. The van der Waals surface area contributed by atoms with Gasteiger partial charge in [0.25, 0.3) is 11.8 Å². The van der Waals surface area contributed by atoms with Crippen LogP contribution in [0.5, 0.6) is 11.5 Å². The first-order chi connectivity index (χ1) is 38.0. The van der Waals surface area contributed by atoms with Crippen LogP contribution >= 0.6 is 62.0 Å². The predicted octanol–water partition coefficient (Wildman–Crippen LogP) is 12.5. The zero-order valence-electron chi connectivity index (χ0n) is 45.2. The van der Waals surface area contributed by atoms with Gasteiger partial charge >= 0.3 is 0 Å². The van der Waals surface area contributed by atoms with Crippen LogP contribution in [0.3, 0.4) is 0 Å². The maximum atomic E-state index is 15.0. The average Bonchev–Trinajstić information content (AvgIpc) is 2.11. The minimum atomic E-state index is -2.70. The first-order valence-corrected chi connectivity index (χ1v) is 27.4. The number of aliphatic hydroxyl groups is 2. The number of fused-ring (bicyclic) bond motifs is 12. The summed E-state index contributed by atoms with van der Waals surface area (Å²) in [6.45, 7) is 7.78. The molecule has 14 rings (SSSR count). The molecule has 83 heavy (non-hydrogen) atoms. The van der Waals surface area contributed by atoms with Crippen LogP contribution in [0, 0.1) is 0 Å². The van der Waals surface area contributed by atoms with Crippen LogP contribution in [0.15, 0.2) is 170 Å². The van der Waals surface area contributed by atoms with Gasteiger partial charge < -0.3 is 19.7 Å². The number of halogens is 9. The molecule has 19 heteroatoms. The van der Waals surface area contributed by atoms with Gasteiger partial charge in [-0.25, -0.2) is 17.6 Å². The van der Waals surface area contributed by atoms with Gasteiger partial charge in [-0.15, -0.1) is 62.0 Å². The SMILES string of the molecule is Cl.Cl.Cl.Cl.Cl.O[C@@H](COc1cccc2ncccc12)CN1CCN(C2c3ccccc3[C@@H]3[C@H](c4ccccc42)C3(F)F)CC1.O[C@@H](COc1cccc2ncccc12)CN1CCN(C2c3ccccc3[C@@H]3[C@H](c4ccccc42)C3(F)F)CC1. The average molecular weight is 1240 g/mol. The van der Waals surface area contributed by atoms with E-state index in [9.17, 15) is 27.8 Å². The number of pyridine rings is 2. The summed E-state index contributed by atoms with van der Waals surface area (Å²) >= 11 is 0. The Morgan fingerprint density at radius 2 is 0.699 bits per heavy atom. The van der Waals surface area contributed by atoms with Crippen molar-refractivity contribution >= 4 is 83.8 Å². The zero-order chi connectivity index (χ0) is 53.1. The molecule has 4 aliphatic carbocycles. The summed E-state index contributed by atoms with van der Waals surface area (Å²) in [6, 6.07) is 50.2. The van der Waals surface area contributed by atoms with Crippen LogP contribution in [0.4, 0.5) is 17.6 Å². The third-order valence-corrected chi connectivity index (χ3v) is 17.2. The minimum absolute atomic E-state index is 0. The molecule has 10 nitrogen and oxygen atoms in total. The number of alkyl halides is 4. The first kappa shape index (κ1) is 63.7. The first-order valence-electron chi connectivity index (χ1n) is 27.4. The monoisotopic (exact) mass is 1230 g/mol. The lowest BCUT2D eigenvalue weighted by molar-refractivity contribution is 0.0399. The Balaban J connectivity index is 0.000000205. The number of ether oxygens (including phenoxy) is 2. The largest absolute Gasteiger partial charge is 0.490 e. The maximum Gasteiger partial charge on any atom is 0.263 e. The van der Waals surface area contributed by atoms with E-state index >= 15 is 0 Å². The maximum absolute atomic E-state index is 15.0. The van der Waals surface area contributed by atoms with Crippen LogP contribution in [0.25, 0.3) is 21.8 Å². The summed E-state index contributed by atoms with van der Waals surface area (Å²) in [5.74, 6) is -6.92. The molecule has 8 aromatic rings. The van der Waals surface area contributed by atoms with E-state index in [1.165, 1.54) is 0 Å². The lowest BCUT2D eigenvalue weighted by Crippen LogP contribution is -2.50. The van der Waals surface area contributed by atoms with E-state index in [0.717, 1.165) is 130 Å². The molecule has 2 aromatic heterocycles. The quantitative estimate of drug-likeness (QED) is 0.115. The van der Waals surface area contributed by atoms with Crippen molar-refractivity contribution in [2.24, 2.45) is 0 Å². The van der Waals surface area contributed by atoms with Gasteiger partial charge in [0.15, 0.2) is 0 Å². The van der Waals surface area contributed by atoms with Crippen molar-refractivity contribution in [2.45, 2.75) is 59.8 Å². The number of rotatable bonds is 12. The fourth-order valence-electron chi connectivity index (χ4n) is 13.4. The van der Waals surface area contributed by atoms with Crippen molar-refractivity contribution in [1.82, 2.24) is 29.6 Å². The number of piperazine rings is 2. The molecule has 6 aliphatic rings. The van der Waals surface area contributed by atoms with Crippen molar-refractivity contribution in [1.29, 1.82) is 0 Å². The molecule has 8 atom stereocenters. The lowest BCUT2D eigenvalue weighted by Gasteiger charge is -2.41. The minimum Gasteiger partial charge on any atom is -0.490 e. The van der Waals surface area contributed by atoms with Crippen molar-refractivity contribution in [3.8, 4) is 11.5 Å². The predicted molar refractivity (Wildman–Crippen MR) is 329 cm³/mol. The van der Waals surface area contributed by atoms with Gasteiger partial charge in [0.2, 0.25) is 0 Å². The second-order valence-corrected chi connectivity index (χ2v) is 21.8. The molecule has 2 saturated heterocycles. The topological polar surface area (TPSA) is 97.7 Å². The smallest absolute Gasteiger partial charge is 0.263 e. The normalized spacial score (nSPS) is 23.3. The Morgan fingerprint density at radius 3 is 1.01 bits per heavy atom. The number of nitrogens with zero attached hydrogens (tertiary/aromatic N) is 6. The number of aromatic nitrogens is 2. The van der Waals surface area contributed by atoms with Crippen LogP contribution in [0.2, 0.25) is 0 Å². The molecule has 0 bridgehead atoms. The molecule has 0 spiro atoms. The van der Waals surface area contributed by atoms with E-state index in [4.69, 9.17) is 9.47 Å². The fourth-order valence-corrected chi connectivity index (χ4v) is 13.4. The Bertz CT molecular complexity index is 3140. The van der Waals surface area contributed by atoms with Crippen molar-refractivity contribution < 1.29 is 37.2 Å². The second-order valence-electron chi connectivity index (χ2n) is 21.8. The van der Waals surface area contributed by atoms with E-state index in [1.54, 1.807) is 12.4 Å². The van der Waals surface area contributed by atoms with Crippen LogP contribution in [0.1, 0.15) is 80.3 Å². The molecule has 440 valence electrons. The third-order valence-electron chi connectivity index (χ3n) is 17.2. The molecule has 2 N–H and O–H groups in total. The van der Waals surface area contributed by atoms with E-state index in [-0.39, 0.29) is 87.3 Å². The Morgan fingerprint density at radius 1 is 0.398 bits per heavy atom. The highest BCUT2D eigenvalue weighted by atomic mass is 35.5. The van der Waals surface area contributed by atoms with Crippen LogP contribution in [-0.2, 0) is 0 Å². The Hall–Kier alpha value is -5.33. The van der Waals surface area contributed by atoms with E-state index < -0.39 is 47.7 Å². The highest BCUT2D eigenvalue weighted by Crippen LogP contribution is 2.71. The zero-order valence-corrected chi connectivity index (χ0v) is 49.3. The number of β-amino-alcohol motifs (C(OH)–C–C–N with tert-alkyl or cyclic N) is 2. The second kappa shape index (κ2) is 26.5. The van der Waals surface area contributed by atoms with Gasteiger partial charge in [-0.05, 0) is 93.0 Å². The Labute approximate surface area is 512 Å². The molecular weight excluding hydrogens is 1170 g/mol. The number of hydrogen-bond acceptors (Lipinski definition) is 10.